The van der Waals surface area contributed by atoms with Crippen molar-refractivity contribution in [2.45, 2.75) is 12.8 Å². The first-order valence-electron chi connectivity index (χ1n) is 8.57. The average molecular weight is 426 g/mol. The van der Waals surface area contributed by atoms with Gasteiger partial charge >= 0.3 is 0 Å². The van der Waals surface area contributed by atoms with E-state index in [9.17, 15) is 4.79 Å². The molecule has 0 spiro atoms. The summed E-state index contributed by atoms with van der Waals surface area (Å²) in [6.07, 6.45) is 6.24. The molecule has 0 radical (unpaired) electrons. The number of para-hydroxylation sites is 1. The Labute approximate surface area is 166 Å². The van der Waals surface area contributed by atoms with Crippen LogP contribution >= 0.6 is 15.9 Å². The number of fused-ring (bicyclic) bond motifs is 1. The average Bonchev–Trinajstić information content (AvgIpc) is 3.10. The number of hydrogen-bond acceptors (Lipinski definition) is 3. The van der Waals surface area contributed by atoms with Crippen LogP contribution in [0.3, 0.4) is 0 Å². The second-order valence-electron chi connectivity index (χ2n) is 5.94. The second kappa shape index (κ2) is 9.19. The van der Waals surface area contributed by atoms with E-state index in [-0.39, 0.29) is 5.91 Å². The molecule has 2 N–H and O–H groups in total. The van der Waals surface area contributed by atoms with Gasteiger partial charge in [-0.15, -0.1) is 0 Å². The van der Waals surface area contributed by atoms with Crippen LogP contribution < -0.4 is 10.2 Å². The van der Waals surface area contributed by atoms with Crippen LogP contribution in [0.15, 0.2) is 70.9 Å². The first kappa shape index (κ1) is 18.9. The zero-order valence-electron chi connectivity index (χ0n) is 14.7. The first-order valence-corrected chi connectivity index (χ1v) is 9.37. The number of nitrogens with one attached hydrogen (secondary N) is 2. The van der Waals surface area contributed by atoms with Crippen molar-refractivity contribution in [3.05, 3.63) is 76.9 Å². The van der Waals surface area contributed by atoms with Crippen molar-refractivity contribution in [2.24, 2.45) is 5.10 Å². The van der Waals surface area contributed by atoms with Gasteiger partial charge in [-0.2, -0.15) is 5.10 Å². The van der Waals surface area contributed by atoms with E-state index in [4.69, 9.17) is 4.74 Å². The van der Waals surface area contributed by atoms with Crippen LogP contribution in [0, 0.1) is 0 Å². The zero-order valence-corrected chi connectivity index (χ0v) is 16.3. The van der Waals surface area contributed by atoms with Gasteiger partial charge in [-0.1, -0.05) is 46.8 Å². The van der Waals surface area contributed by atoms with E-state index >= 15 is 0 Å². The van der Waals surface area contributed by atoms with Crippen LogP contribution in [0.5, 0.6) is 5.75 Å². The minimum Gasteiger partial charge on any atom is -0.490 e. The van der Waals surface area contributed by atoms with Crippen molar-refractivity contribution in [1.29, 1.82) is 0 Å². The fourth-order valence-corrected chi connectivity index (χ4v) is 3.03. The highest BCUT2D eigenvalue weighted by molar-refractivity contribution is 9.10. The second-order valence-corrected chi connectivity index (χ2v) is 6.79. The normalized spacial score (nSPS) is 11.0. The number of aromatic amines is 1. The van der Waals surface area contributed by atoms with Crippen molar-refractivity contribution in [2.75, 3.05) is 6.61 Å². The molecule has 0 aliphatic heterocycles. The highest BCUT2D eigenvalue weighted by Crippen LogP contribution is 2.21. The topological polar surface area (TPSA) is 66.5 Å². The summed E-state index contributed by atoms with van der Waals surface area (Å²) in [7, 11) is 0. The third-order valence-electron chi connectivity index (χ3n) is 4.02. The molecule has 3 rings (SSSR count). The Morgan fingerprint density at radius 3 is 3.00 bits per heavy atom. The van der Waals surface area contributed by atoms with Gasteiger partial charge < -0.3 is 9.72 Å². The summed E-state index contributed by atoms with van der Waals surface area (Å²) in [6, 6.07) is 13.6. The molecule has 0 saturated carbocycles. The summed E-state index contributed by atoms with van der Waals surface area (Å²) in [5.41, 5.74) is 5.59. The van der Waals surface area contributed by atoms with Gasteiger partial charge in [-0.05, 0) is 36.2 Å². The van der Waals surface area contributed by atoms with Crippen LogP contribution in [-0.4, -0.2) is 23.7 Å². The lowest BCUT2D eigenvalue weighted by Gasteiger charge is -2.05. The standard InChI is InChI=1S/C21H20BrN3O2/c1-2-11-27-17-8-9-19(22)16(12-17)14-24-25-21(26)10-7-15-13-23-20-6-4-3-5-18(15)20/h2-6,8-9,12-14,23H,1,7,10-11H2,(H,25,26). The maximum Gasteiger partial charge on any atom is 0.240 e. The summed E-state index contributed by atoms with van der Waals surface area (Å²) >= 11 is 3.46. The Balaban J connectivity index is 1.55. The van der Waals surface area contributed by atoms with Crippen LogP contribution in [-0.2, 0) is 11.2 Å². The van der Waals surface area contributed by atoms with Gasteiger partial charge in [-0.25, -0.2) is 5.43 Å². The number of H-pyrrole nitrogens is 1. The van der Waals surface area contributed by atoms with E-state index < -0.39 is 0 Å². The number of amides is 1. The van der Waals surface area contributed by atoms with Gasteiger partial charge in [0.2, 0.25) is 5.91 Å². The molecule has 1 amide bonds. The Hall–Kier alpha value is -2.86. The Bertz CT molecular complexity index is 978. The summed E-state index contributed by atoms with van der Waals surface area (Å²) in [4.78, 5) is 15.3. The maximum absolute atomic E-state index is 12.1. The van der Waals surface area contributed by atoms with Crippen molar-refractivity contribution in [3.63, 3.8) is 0 Å². The number of benzene rings is 2. The molecule has 2 aromatic carbocycles. The molecule has 0 aliphatic rings. The molecule has 1 heterocycles. The van der Waals surface area contributed by atoms with E-state index in [2.05, 4.69) is 44.1 Å². The van der Waals surface area contributed by atoms with Crippen LogP contribution in [0.1, 0.15) is 17.5 Å². The molecular formula is C21H20BrN3O2. The number of carbonyl (C=O) groups excluding carboxylic acids is 1. The molecule has 3 aromatic rings. The highest BCUT2D eigenvalue weighted by Gasteiger charge is 2.06. The molecule has 5 nitrogen and oxygen atoms in total. The molecule has 0 unspecified atom stereocenters. The maximum atomic E-state index is 12.1. The SMILES string of the molecule is C=CCOc1ccc(Br)c(C=NNC(=O)CCc2c[nH]c3ccccc23)c1. The van der Waals surface area contributed by atoms with Gasteiger partial charge in [0.1, 0.15) is 12.4 Å². The number of aryl methyl sites for hydroxylation is 1. The van der Waals surface area contributed by atoms with Crippen LogP contribution in [0.2, 0.25) is 0 Å². The number of hydrazone groups is 1. The van der Waals surface area contributed by atoms with Crippen molar-refractivity contribution < 1.29 is 9.53 Å². The number of carbonyl (C=O) groups is 1. The lowest BCUT2D eigenvalue weighted by atomic mass is 10.1. The Morgan fingerprint density at radius 1 is 1.30 bits per heavy atom. The third-order valence-corrected chi connectivity index (χ3v) is 4.75. The smallest absolute Gasteiger partial charge is 0.240 e. The summed E-state index contributed by atoms with van der Waals surface area (Å²) < 4.78 is 6.37. The van der Waals surface area contributed by atoms with Gasteiger partial charge in [0, 0.05) is 33.6 Å². The molecule has 6 heteroatoms. The number of ether oxygens (including phenoxy) is 1. The molecule has 0 bridgehead atoms. The molecule has 27 heavy (non-hydrogen) atoms. The Morgan fingerprint density at radius 2 is 2.15 bits per heavy atom. The molecule has 1 aromatic heterocycles. The molecule has 0 saturated heterocycles. The van der Waals surface area contributed by atoms with E-state index in [1.54, 1.807) is 12.3 Å². The number of nitrogens with zero attached hydrogens (tertiary/aromatic N) is 1. The molecule has 0 fully saturated rings. The third kappa shape index (κ3) is 5.08. The largest absolute Gasteiger partial charge is 0.490 e. The quantitative estimate of drug-likeness (QED) is 0.315. The lowest BCUT2D eigenvalue weighted by Crippen LogP contribution is -2.17. The van der Waals surface area contributed by atoms with Crippen molar-refractivity contribution >= 4 is 39.0 Å². The van der Waals surface area contributed by atoms with Gasteiger partial charge in [0.15, 0.2) is 0 Å². The van der Waals surface area contributed by atoms with Gasteiger partial charge in [0.25, 0.3) is 0 Å². The Kier molecular flexibility index (Phi) is 6.44. The van der Waals surface area contributed by atoms with Gasteiger partial charge in [0.05, 0.1) is 6.21 Å². The lowest BCUT2D eigenvalue weighted by molar-refractivity contribution is -0.121. The number of aromatic nitrogens is 1. The predicted molar refractivity (Wildman–Crippen MR) is 112 cm³/mol. The molecule has 138 valence electrons. The first-order chi connectivity index (χ1) is 13.2. The van der Waals surface area contributed by atoms with E-state index in [0.717, 1.165) is 26.5 Å². The van der Waals surface area contributed by atoms with Crippen LogP contribution in [0.25, 0.3) is 10.9 Å². The fraction of sp³-hybridized carbons (Fsp3) is 0.143. The van der Waals surface area contributed by atoms with Crippen LogP contribution in [0.4, 0.5) is 0 Å². The summed E-state index contributed by atoms with van der Waals surface area (Å²) in [6.45, 7) is 4.06. The minimum atomic E-state index is -0.133. The van der Waals surface area contributed by atoms with Gasteiger partial charge in [-0.3, -0.25) is 4.79 Å². The zero-order chi connectivity index (χ0) is 19.1. The molecular weight excluding hydrogens is 406 g/mol. The number of halogens is 1. The van der Waals surface area contributed by atoms with Crippen molar-refractivity contribution in [3.8, 4) is 5.75 Å². The fourth-order valence-electron chi connectivity index (χ4n) is 2.68. The summed E-state index contributed by atoms with van der Waals surface area (Å²) in [5.74, 6) is 0.580. The minimum absolute atomic E-state index is 0.133. The van der Waals surface area contributed by atoms with E-state index in [1.807, 2.05) is 42.6 Å². The number of rotatable bonds is 8. The molecule has 0 atom stereocenters. The predicted octanol–water partition coefficient (Wildman–Crippen LogP) is 4.58. The van der Waals surface area contributed by atoms with E-state index in [0.29, 0.717) is 25.2 Å². The number of hydrogen-bond donors (Lipinski definition) is 2. The highest BCUT2D eigenvalue weighted by atomic mass is 79.9. The summed E-state index contributed by atoms with van der Waals surface area (Å²) in [5, 5.41) is 5.20. The van der Waals surface area contributed by atoms with E-state index in [1.165, 1.54) is 0 Å². The van der Waals surface area contributed by atoms with Crippen molar-refractivity contribution in [1.82, 2.24) is 10.4 Å². The molecule has 0 aliphatic carbocycles. The monoisotopic (exact) mass is 425 g/mol.